The predicted molar refractivity (Wildman–Crippen MR) is 55.1 cm³/mol. The van der Waals surface area contributed by atoms with E-state index in [9.17, 15) is 8.78 Å². The quantitative estimate of drug-likeness (QED) is 0.530. The Bertz CT molecular complexity index is 188. The molecule has 0 amide bonds. The Morgan fingerprint density at radius 1 is 1.23 bits per heavy atom. The average Bonchev–Trinajstić information content (AvgIpc) is 2.39. The topological polar surface area (TPSA) is 0 Å². The van der Waals surface area contributed by atoms with Crippen LogP contribution in [0.4, 0.5) is 8.78 Å². The normalized spacial score (nSPS) is 13.7. The number of hydrogen-bond donors (Lipinski definition) is 0. The van der Waals surface area contributed by atoms with Gasteiger partial charge in [-0.05, 0) is 25.0 Å². The molecule has 1 rings (SSSR count). The molecule has 0 aromatic heterocycles. The van der Waals surface area contributed by atoms with Crippen molar-refractivity contribution in [3.05, 3.63) is 35.7 Å². The standard InChI is InChI=1S/C8H9F.C2H6.CH3F/c1-7-5-3-2-4-6-8(7)9;2*1-2/h2,4-6H,3H2,1H3;1-2H3;1H3. The maximum Gasteiger partial charge on any atom is 0.125 e. The lowest BCUT2D eigenvalue weighted by Crippen LogP contribution is -1.72. The molecule has 0 atom stereocenters. The van der Waals surface area contributed by atoms with Gasteiger partial charge in [0.25, 0.3) is 0 Å². The molecule has 13 heavy (non-hydrogen) atoms. The summed E-state index contributed by atoms with van der Waals surface area (Å²) >= 11 is 0. The van der Waals surface area contributed by atoms with Crippen molar-refractivity contribution in [3.63, 3.8) is 0 Å². The van der Waals surface area contributed by atoms with Crippen LogP contribution in [0.15, 0.2) is 35.7 Å². The van der Waals surface area contributed by atoms with Crippen molar-refractivity contribution in [2.45, 2.75) is 27.2 Å². The summed E-state index contributed by atoms with van der Waals surface area (Å²) in [5.41, 5.74) is 0.736. The summed E-state index contributed by atoms with van der Waals surface area (Å²) in [5.74, 6) is -0.122. The van der Waals surface area contributed by atoms with Gasteiger partial charge in [-0.3, -0.25) is 4.39 Å². The SMILES string of the molecule is CC.CC1=CCC=CC=C1F.CF. The van der Waals surface area contributed by atoms with Gasteiger partial charge in [0.2, 0.25) is 0 Å². The molecule has 0 unspecified atom stereocenters. The number of halogens is 2. The van der Waals surface area contributed by atoms with Crippen molar-refractivity contribution in [2.75, 3.05) is 7.18 Å². The lowest BCUT2D eigenvalue weighted by molar-refractivity contribution is 0.636. The van der Waals surface area contributed by atoms with Crippen LogP contribution < -0.4 is 0 Å². The second-order valence-electron chi connectivity index (χ2n) is 2.07. The summed E-state index contributed by atoms with van der Waals surface area (Å²) in [6.45, 7) is 5.78. The van der Waals surface area contributed by atoms with E-state index in [0.29, 0.717) is 7.18 Å². The summed E-state index contributed by atoms with van der Waals surface area (Å²) in [4.78, 5) is 0. The van der Waals surface area contributed by atoms with E-state index < -0.39 is 0 Å². The zero-order valence-corrected chi connectivity index (χ0v) is 8.77. The molecule has 1 aliphatic carbocycles. The van der Waals surface area contributed by atoms with Crippen molar-refractivity contribution < 1.29 is 8.78 Å². The molecular weight excluding hydrogens is 170 g/mol. The second-order valence-corrected chi connectivity index (χ2v) is 2.07. The third-order valence-electron chi connectivity index (χ3n) is 1.32. The molecule has 0 saturated heterocycles. The van der Waals surface area contributed by atoms with E-state index in [-0.39, 0.29) is 5.83 Å². The Morgan fingerprint density at radius 2 is 1.77 bits per heavy atom. The van der Waals surface area contributed by atoms with E-state index in [0.717, 1.165) is 12.0 Å². The smallest absolute Gasteiger partial charge is 0.125 e. The van der Waals surface area contributed by atoms with Gasteiger partial charge in [-0.1, -0.05) is 32.1 Å². The van der Waals surface area contributed by atoms with E-state index in [2.05, 4.69) is 0 Å². The summed E-state index contributed by atoms with van der Waals surface area (Å²) in [7, 11) is 0.500. The zero-order chi connectivity index (χ0) is 10.7. The molecule has 76 valence electrons. The molecule has 0 radical (unpaired) electrons. The molecule has 0 aliphatic heterocycles. The van der Waals surface area contributed by atoms with Crippen LogP contribution in [-0.4, -0.2) is 7.18 Å². The van der Waals surface area contributed by atoms with Crippen LogP contribution in [0.2, 0.25) is 0 Å². The minimum atomic E-state index is -0.122. The molecule has 2 heteroatoms. The minimum absolute atomic E-state index is 0.122. The van der Waals surface area contributed by atoms with Crippen LogP contribution in [0.1, 0.15) is 27.2 Å². The average molecular weight is 188 g/mol. The molecule has 0 spiro atoms. The number of alkyl halides is 1. The Kier molecular flexibility index (Phi) is 12.4. The summed E-state index contributed by atoms with van der Waals surface area (Å²) in [6.07, 6.45) is 7.86. The fourth-order valence-electron chi connectivity index (χ4n) is 0.705. The molecule has 1 aliphatic rings. The van der Waals surface area contributed by atoms with Gasteiger partial charge >= 0.3 is 0 Å². The maximum atomic E-state index is 12.6. The zero-order valence-electron chi connectivity index (χ0n) is 8.77. The van der Waals surface area contributed by atoms with Gasteiger partial charge in [-0.2, -0.15) is 0 Å². The molecular formula is C11H18F2. The maximum absolute atomic E-state index is 12.6. The number of rotatable bonds is 0. The summed E-state index contributed by atoms with van der Waals surface area (Å²) < 4.78 is 22.1. The van der Waals surface area contributed by atoms with Crippen molar-refractivity contribution in [1.82, 2.24) is 0 Å². The molecule has 0 fully saturated rings. The lowest BCUT2D eigenvalue weighted by Gasteiger charge is -1.90. The van der Waals surface area contributed by atoms with Crippen LogP contribution in [0.5, 0.6) is 0 Å². The summed E-state index contributed by atoms with van der Waals surface area (Å²) in [5, 5.41) is 0. The molecule has 0 nitrogen and oxygen atoms in total. The second kappa shape index (κ2) is 11.1. The van der Waals surface area contributed by atoms with Gasteiger partial charge in [0.15, 0.2) is 0 Å². The van der Waals surface area contributed by atoms with Gasteiger partial charge in [0.05, 0.1) is 7.18 Å². The van der Waals surface area contributed by atoms with Crippen molar-refractivity contribution in [2.24, 2.45) is 0 Å². The Hall–Kier alpha value is -0.920. The molecule has 0 N–H and O–H groups in total. The van der Waals surface area contributed by atoms with Gasteiger partial charge in [0, 0.05) is 0 Å². The van der Waals surface area contributed by atoms with E-state index in [1.807, 2.05) is 26.0 Å². The highest BCUT2D eigenvalue weighted by molar-refractivity contribution is 5.29. The Labute approximate surface area is 79.7 Å². The van der Waals surface area contributed by atoms with Gasteiger partial charge in [0.1, 0.15) is 5.83 Å². The van der Waals surface area contributed by atoms with E-state index >= 15 is 0 Å². The van der Waals surface area contributed by atoms with Crippen molar-refractivity contribution >= 4 is 0 Å². The highest BCUT2D eigenvalue weighted by Gasteiger charge is 1.96. The highest BCUT2D eigenvalue weighted by Crippen LogP contribution is 2.13. The summed E-state index contributed by atoms with van der Waals surface area (Å²) in [6, 6.07) is 0. The van der Waals surface area contributed by atoms with E-state index in [4.69, 9.17) is 0 Å². The third-order valence-corrected chi connectivity index (χ3v) is 1.32. The molecule has 0 heterocycles. The number of hydrogen-bond acceptors (Lipinski definition) is 0. The largest absolute Gasteiger partial charge is 0.255 e. The predicted octanol–water partition coefficient (Wildman–Crippen LogP) is 4.36. The van der Waals surface area contributed by atoms with E-state index in [1.54, 1.807) is 13.0 Å². The molecule has 0 saturated carbocycles. The van der Waals surface area contributed by atoms with Crippen molar-refractivity contribution in [1.29, 1.82) is 0 Å². The highest BCUT2D eigenvalue weighted by atomic mass is 19.1. The van der Waals surface area contributed by atoms with Crippen LogP contribution in [0, 0.1) is 0 Å². The number of allylic oxidation sites excluding steroid dienone is 6. The molecule has 0 aromatic rings. The molecule has 0 aromatic carbocycles. The van der Waals surface area contributed by atoms with Gasteiger partial charge in [-0.25, -0.2) is 4.39 Å². The van der Waals surface area contributed by atoms with Crippen LogP contribution in [-0.2, 0) is 0 Å². The van der Waals surface area contributed by atoms with Crippen molar-refractivity contribution in [3.8, 4) is 0 Å². The first-order chi connectivity index (χ1) is 6.30. The monoisotopic (exact) mass is 188 g/mol. The van der Waals surface area contributed by atoms with Gasteiger partial charge in [-0.15, -0.1) is 0 Å². The lowest BCUT2D eigenvalue weighted by atomic mass is 10.2. The first-order valence-electron chi connectivity index (χ1n) is 4.38. The first kappa shape index (κ1) is 14.6. The third kappa shape index (κ3) is 7.44. The van der Waals surface area contributed by atoms with Crippen LogP contribution in [0.3, 0.4) is 0 Å². The Balaban J connectivity index is 0. The first-order valence-corrected chi connectivity index (χ1v) is 4.38. The van der Waals surface area contributed by atoms with Crippen LogP contribution in [0.25, 0.3) is 0 Å². The minimum Gasteiger partial charge on any atom is -0.255 e. The van der Waals surface area contributed by atoms with Crippen LogP contribution >= 0.6 is 0 Å². The Morgan fingerprint density at radius 3 is 2.31 bits per heavy atom. The van der Waals surface area contributed by atoms with Gasteiger partial charge < -0.3 is 0 Å². The molecule has 0 bridgehead atoms. The fourth-order valence-corrected chi connectivity index (χ4v) is 0.705. The fraction of sp³-hybridized carbons (Fsp3) is 0.455. The van der Waals surface area contributed by atoms with E-state index in [1.165, 1.54) is 6.08 Å².